The Morgan fingerprint density at radius 1 is 1.10 bits per heavy atom. The molecule has 0 aliphatic carbocycles. The van der Waals surface area contributed by atoms with E-state index >= 15 is 0 Å². The topological polar surface area (TPSA) is 50.4 Å². The Morgan fingerprint density at radius 3 is 2.45 bits per heavy atom. The summed E-state index contributed by atoms with van der Waals surface area (Å²) in [4.78, 5) is 9.96. The minimum Gasteiger partial charge on any atom is -0.385 e. The molecule has 0 aliphatic rings. The normalized spacial score (nSPS) is 11.1. The highest BCUT2D eigenvalue weighted by Crippen LogP contribution is 2.24. The van der Waals surface area contributed by atoms with Crippen molar-refractivity contribution in [3.05, 3.63) is 24.5 Å². The van der Waals surface area contributed by atoms with Crippen molar-refractivity contribution in [3.63, 3.8) is 0 Å². The van der Waals surface area contributed by atoms with Crippen molar-refractivity contribution in [2.24, 2.45) is 0 Å². The first-order valence-electron chi connectivity index (χ1n) is 7.01. The summed E-state index contributed by atoms with van der Waals surface area (Å²) in [5.41, 5.74) is 3.28. The number of hydrogen-bond donors (Lipinski definition) is 1. The first-order valence-corrected chi connectivity index (χ1v) is 7.01. The van der Waals surface area contributed by atoms with Gasteiger partial charge in [-0.05, 0) is 25.0 Å². The maximum absolute atomic E-state index is 5.15. The summed E-state index contributed by atoms with van der Waals surface area (Å²) in [6.07, 6.45) is 3.76. The molecule has 2 rings (SSSR count). The van der Waals surface area contributed by atoms with Gasteiger partial charge in [0.2, 0.25) is 0 Å². The van der Waals surface area contributed by atoms with Gasteiger partial charge in [-0.25, -0.2) is 4.98 Å². The summed E-state index contributed by atoms with van der Waals surface area (Å²) < 4.78 is 10.3. The number of rotatable bonds is 9. The minimum atomic E-state index is 0.775. The molecule has 0 saturated carbocycles. The summed E-state index contributed by atoms with van der Waals surface area (Å²) in [5.74, 6) is 0. The van der Waals surface area contributed by atoms with Crippen molar-refractivity contribution in [2.75, 3.05) is 45.4 Å². The van der Waals surface area contributed by atoms with Gasteiger partial charge >= 0.3 is 0 Å². The van der Waals surface area contributed by atoms with E-state index in [9.17, 15) is 0 Å². The van der Waals surface area contributed by atoms with E-state index in [4.69, 9.17) is 9.47 Å². The van der Waals surface area contributed by atoms with Crippen molar-refractivity contribution in [1.82, 2.24) is 9.97 Å². The number of nitrogens with zero attached hydrogens (tertiary/aromatic N) is 2. The SMILES string of the molecule is COCCCN(CCCOC)c1cccc2[nH]cnc12. The van der Waals surface area contributed by atoms with Crippen molar-refractivity contribution < 1.29 is 9.47 Å². The molecule has 0 spiro atoms. The zero-order valence-electron chi connectivity index (χ0n) is 12.3. The number of fused-ring (bicyclic) bond motifs is 1. The number of aromatic amines is 1. The van der Waals surface area contributed by atoms with Crippen LogP contribution in [0.5, 0.6) is 0 Å². The van der Waals surface area contributed by atoms with Gasteiger partial charge in [-0.2, -0.15) is 0 Å². The number of methoxy groups -OCH3 is 2. The Hall–Kier alpha value is -1.59. The number of ether oxygens (including phenoxy) is 2. The van der Waals surface area contributed by atoms with Crippen LogP contribution >= 0.6 is 0 Å². The van der Waals surface area contributed by atoms with E-state index in [0.29, 0.717) is 0 Å². The zero-order valence-corrected chi connectivity index (χ0v) is 12.3. The summed E-state index contributed by atoms with van der Waals surface area (Å²) in [6, 6.07) is 6.24. The second kappa shape index (κ2) is 7.87. The van der Waals surface area contributed by atoms with Crippen LogP contribution in [0.25, 0.3) is 11.0 Å². The van der Waals surface area contributed by atoms with E-state index < -0.39 is 0 Å². The number of anilines is 1. The lowest BCUT2D eigenvalue weighted by atomic mass is 10.2. The lowest BCUT2D eigenvalue weighted by Gasteiger charge is -2.25. The maximum Gasteiger partial charge on any atom is 0.112 e. The van der Waals surface area contributed by atoms with Crippen LogP contribution in [0.15, 0.2) is 24.5 Å². The van der Waals surface area contributed by atoms with Crippen molar-refractivity contribution in [1.29, 1.82) is 0 Å². The molecule has 110 valence electrons. The number of H-pyrrole nitrogens is 1. The molecular formula is C15H23N3O2. The third-order valence-corrected chi connectivity index (χ3v) is 3.32. The van der Waals surface area contributed by atoms with Gasteiger partial charge in [0, 0.05) is 40.5 Å². The third-order valence-electron chi connectivity index (χ3n) is 3.32. The molecular weight excluding hydrogens is 254 g/mol. The molecule has 5 heteroatoms. The first kappa shape index (κ1) is 14.8. The number of benzene rings is 1. The van der Waals surface area contributed by atoms with Crippen LogP contribution in [-0.4, -0.2) is 50.5 Å². The average molecular weight is 277 g/mol. The van der Waals surface area contributed by atoms with Gasteiger partial charge in [0.1, 0.15) is 5.52 Å². The second-order valence-corrected chi connectivity index (χ2v) is 4.76. The zero-order chi connectivity index (χ0) is 14.2. The van der Waals surface area contributed by atoms with Gasteiger partial charge in [-0.3, -0.25) is 0 Å². The lowest BCUT2D eigenvalue weighted by molar-refractivity contribution is 0.191. The monoisotopic (exact) mass is 277 g/mol. The first-order chi connectivity index (χ1) is 9.86. The fourth-order valence-electron chi connectivity index (χ4n) is 2.36. The van der Waals surface area contributed by atoms with Crippen LogP contribution in [0.1, 0.15) is 12.8 Å². The van der Waals surface area contributed by atoms with Crippen molar-refractivity contribution in [2.45, 2.75) is 12.8 Å². The van der Waals surface area contributed by atoms with E-state index in [1.165, 1.54) is 5.69 Å². The van der Waals surface area contributed by atoms with Gasteiger partial charge < -0.3 is 19.4 Å². The highest BCUT2D eigenvalue weighted by atomic mass is 16.5. The summed E-state index contributed by atoms with van der Waals surface area (Å²) in [6.45, 7) is 3.47. The number of nitrogens with one attached hydrogen (secondary N) is 1. The molecule has 1 N–H and O–H groups in total. The Balaban J connectivity index is 2.13. The van der Waals surface area contributed by atoms with E-state index in [2.05, 4.69) is 27.0 Å². The molecule has 0 fully saturated rings. The van der Waals surface area contributed by atoms with Crippen LogP contribution in [0.2, 0.25) is 0 Å². The molecule has 0 saturated heterocycles. The van der Waals surface area contributed by atoms with Crippen LogP contribution in [0.4, 0.5) is 5.69 Å². The number of para-hydroxylation sites is 1. The van der Waals surface area contributed by atoms with Crippen LogP contribution < -0.4 is 4.90 Å². The van der Waals surface area contributed by atoms with Crippen molar-refractivity contribution in [3.8, 4) is 0 Å². The number of imidazole rings is 1. The van der Waals surface area contributed by atoms with Gasteiger partial charge in [-0.1, -0.05) is 6.07 Å². The van der Waals surface area contributed by atoms with Gasteiger partial charge in [0.15, 0.2) is 0 Å². The average Bonchev–Trinajstić information content (AvgIpc) is 2.94. The molecule has 1 aromatic carbocycles. The summed E-state index contributed by atoms with van der Waals surface area (Å²) in [7, 11) is 3.48. The van der Waals surface area contributed by atoms with Crippen LogP contribution in [-0.2, 0) is 9.47 Å². The van der Waals surface area contributed by atoms with Gasteiger partial charge in [0.25, 0.3) is 0 Å². The number of hydrogen-bond acceptors (Lipinski definition) is 4. The summed E-state index contributed by atoms with van der Waals surface area (Å²) in [5, 5.41) is 0. The minimum absolute atomic E-state index is 0.775. The standard InChI is InChI=1S/C15H23N3O2/c1-19-10-4-8-18(9-5-11-20-2)14-7-3-6-13-15(14)17-12-16-13/h3,6-7,12H,4-5,8-11H2,1-2H3,(H,16,17). The molecule has 0 atom stereocenters. The van der Waals surface area contributed by atoms with E-state index in [0.717, 1.165) is 50.2 Å². The Morgan fingerprint density at radius 2 is 1.80 bits per heavy atom. The molecule has 2 aromatic rings. The highest BCUT2D eigenvalue weighted by Gasteiger charge is 2.11. The fourth-order valence-corrected chi connectivity index (χ4v) is 2.36. The van der Waals surface area contributed by atoms with Crippen molar-refractivity contribution >= 4 is 16.7 Å². The molecule has 0 unspecified atom stereocenters. The molecule has 1 aromatic heterocycles. The Bertz CT molecular complexity index is 503. The molecule has 0 aliphatic heterocycles. The van der Waals surface area contributed by atoms with Crippen LogP contribution in [0.3, 0.4) is 0 Å². The van der Waals surface area contributed by atoms with E-state index in [1.807, 2.05) is 6.07 Å². The fraction of sp³-hybridized carbons (Fsp3) is 0.533. The molecule has 20 heavy (non-hydrogen) atoms. The summed E-state index contributed by atoms with van der Waals surface area (Å²) >= 11 is 0. The smallest absolute Gasteiger partial charge is 0.112 e. The van der Waals surface area contributed by atoms with Crippen LogP contribution in [0, 0.1) is 0 Å². The lowest BCUT2D eigenvalue weighted by Crippen LogP contribution is -2.27. The Labute approximate surface area is 119 Å². The predicted octanol–water partition coefficient (Wildman–Crippen LogP) is 2.44. The predicted molar refractivity (Wildman–Crippen MR) is 81.3 cm³/mol. The largest absolute Gasteiger partial charge is 0.385 e. The van der Waals surface area contributed by atoms with Gasteiger partial charge in [-0.15, -0.1) is 0 Å². The maximum atomic E-state index is 5.15. The molecule has 0 bridgehead atoms. The number of aromatic nitrogens is 2. The highest BCUT2D eigenvalue weighted by molar-refractivity contribution is 5.88. The molecule has 5 nitrogen and oxygen atoms in total. The third kappa shape index (κ3) is 3.71. The molecule has 0 amide bonds. The van der Waals surface area contributed by atoms with Gasteiger partial charge in [0.05, 0.1) is 17.5 Å². The quantitative estimate of drug-likeness (QED) is 0.715. The molecule has 0 radical (unpaired) electrons. The Kier molecular flexibility index (Phi) is 5.83. The van der Waals surface area contributed by atoms with E-state index in [1.54, 1.807) is 20.5 Å². The molecule has 1 heterocycles. The second-order valence-electron chi connectivity index (χ2n) is 4.76. The van der Waals surface area contributed by atoms with E-state index in [-0.39, 0.29) is 0 Å².